The molecule has 0 atom stereocenters. The molecule has 7 heteroatoms. The predicted octanol–water partition coefficient (Wildman–Crippen LogP) is 1.26. The lowest BCUT2D eigenvalue weighted by molar-refractivity contribution is 1.08. The number of hydrogen-bond donors (Lipinski definition) is 2. The zero-order valence-electron chi connectivity index (χ0n) is 8.29. The Kier molecular flexibility index (Phi) is 2.85. The molecule has 5 nitrogen and oxygen atoms in total. The topological polar surface area (TPSA) is 89.5 Å². The fraction of sp³-hybridized carbons (Fsp3) is 0.222. The Bertz CT molecular complexity index is 689. The van der Waals surface area contributed by atoms with Crippen LogP contribution in [0.2, 0.25) is 0 Å². The summed E-state index contributed by atoms with van der Waals surface area (Å²) in [6.45, 7) is 1.96. The molecule has 0 unspecified atom stereocenters. The molecule has 2 N–H and O–H groups in total. The number of nitrogens with one attached hydrogen (secondary N) is 2. The summed E-state index contributed by atoms with van der Waals surface area (Å²) in [5.41, 5.74) is -0.296. The van der Waals surface area contributed by atoms with Crippen molar-refractivity contribution in [2.24, 2.45) is 0 Å². The van der Waals surface area contributed by atoms with Crippen molar-refractivity contribution in [2.45, 2.75) is 11.1 Å². The van der Waals surface area contributed by atoms with E-state index in [4.69, 9.17) is 5.26 Å². The minimum atomic E-state index is -0.583. The van der Waals surface area contributed by atoms with Gasteiger partial charge in [0.1, 0.15) is 16.3 Å². The van der Waals surface area contributed by atoms with Crippen LogP contribution in [-0.2, 0) is 0 Å². The molecule has 2 aromatic rings. The molecule has 0 aliphatic carbocycles. The summed E-state index contributed by atoms with van der Waals surface area (Å²) in [4.78, 5) is 27.3. The molecule has 0 aliphatic rings. The average Bonchev–Trinajstić information content (AvgIpc) is 2.56. The summed E-state index contributed by atoms with van der Waals surface area (Å²) in [6.07, 6.45) is 0. The first-order valence-corrected chi connectivity index (χ1v) is 6.29. The minimum Gasteiger partial charge on any atom is -0.305 e. The van der Waals surface area contributed by atoms with Gasteiger partial charge in [-0.05, 0) is 5.75 Å². The Labute approximate surface area is 98.1 Å². The van der Waals surface area contributed by atoms with Crippen LogP contribution >= 0.6 is 23.1 Å². The first kappa shape index (κ1) is 11.0. The largest absolute Gasteiger partial charge is 0.326 e. The molecule has 0 bridgehead atoms. The predicted molar refractivity (Wildman–Crippen MR) is 64.2 cm³/mol. The molecule has 16 heavy (non-hydrogen) atoms. The lowest BCUT2D eigenvalue weighted by atomic mass is 10.3. The number of fused-ring (bicyclic) bond motifs is 1. The molecule has 0 amide bonds. The van der Waals surface area contributed by atoms with Gasteiger partial charge in [0.05, 0.1) is 9.73 Å². The second kappa shape index (κ2) is 4.15. The van der Waals surface area contributed by atoms with Gasteiger partial charge in [-0.1, -0.05) is 6.92 Å². The van der Waals surface area contributed by atoms with Gasteiger partial charge < -0.3 is 4.98 Å². The monoisotopic (exact) mass is 253 g/mol. The fourth-order valence-electron chi connectivity index (χ4n) is 1.33. The van der Waals surface area contributed by atoms with E-state index in [-0.39, 0.29) is 0 Å². The Morgan fingerprint density at radius 3 is 2.81 bits per heavy atom. The molecule has 0 saturated carbocycles. The van der Waals surface area contributed by atoms with Crippen molar-refractivity contribution in [3.05, 3.63) is 26.4 Å². The van der Waals surface area contributed by atoms with Crippen molar-refractivity contribution in [1.29, 1.82) is 5.26 Å². The molecule has 0 aliphatic heterocycles. The second-order valence-electron chi connectivity index (χ2n) is 2.92. The number of aromatic nitrogens is 2. The summed E-state index contributed by atoms with van der Waals surface area (Å²) in [7, 11) is 0. The molecular formula is C9H7N3O2S2. The van der Waals surface area contributed by atoms with Crippen LogP contribution in [0.3, 0.4) is 0 Å². The molecule has 0 fully saturated rings. The summed E-state index contributed by atoms with van der Waals surface area (Å²) in [5, 5.41) is 9.02. The van der Waals surface area contributed by atoms with Gasteiger partial charge in [-0.2, -0.15) is 5.26 Å². The number of aromatic amines is 2. The summed E-state index contributed by atoms with van der Waals surface area (Å²) < 4.78 is 1.17. The Morgan fingerprint density at radius 2 is 2.19 bits per heavy atom. The van der Waals surface area contributed by atoms with Gasteiger partial charge in [0.25, 0.3) is 5.56 Å². The quantitative estimate of drug-likeness (QED) is 0.788. The highest BCUT2D eigenvalue weighted by molar-refractivity contribution is 8.01. The Hall–Kier alpha value is -1.52. The molecule has 0 saturated heterocycles. The van der Waals surface area contributed by atoms with Crippen LogP contribution in [0, 0.1) is 11.3 Å². The van der Waals surface area contributed by atoms with E-state index in [0.29, 0.717) is 15.8 Å². The summed E-state index contributed by atoms with van der Waals surface area (Å²) in [6, 6.07) is 2.02. The maximum atomic E-state index is 11.5. The van der Waals surface area contributed by atoms with Crippen LogP contribution < -0.4 is 11.2 Å². The third kappa shape index (κ3) is 1.66. The first-order chi connectivity index (χ1) is 7.67. The number of nitrogens with zero attached hydrogens (tertiary/aromatic N) is 1. The number of rotatable bonds is 2. The van der Waals surface area contributed by atoms with Crippen molar-refractivity contribution in [3.8, 4) is 6.07 Å². The maximum absolute atomic E-state index is 11.5. The molecule has 2 rings (SSSR count). The van der Waals surface area contributed by atoms with Gasteiger partial charge in [0.2, 0.25) is 0 Å². The molecular weight excluding hydrogens is 246 g/mol. The van der Waals surface area contributed by atoms with Crippen LogP contribution in [0.4, 0.5) is 0 Å². The van der Waals surface area contributed by atoms with Crippen molar-refractivity contribution in [2.75, 3.05) is 5.75 Å². The van der Waals surface area contributed by atoms with Gasteiger partial charge in [0.15, 0.2) is 0 Å². The van der Waals surface area contributed by atoms with Crippen molar-refractivity contribution >= 4 is 33.3 Å². The van der Waals surface area contributed by atoms with Gasteiger partial charge in [-0.15, -0.1) is 23.1 Å². The van der Waals surface area contributed by atoms with Gasteiger partial charge in [-0.25, -0.2) is 4.79 Å². The lowest BCUT2D eigenvalue weighted by Gasteiger charge is -1.91. The van der Waals surface area contributed by atoms with Gasteiger partial charge in [-0.3, -0.25) is 9.78 Å². The lowest BCUT2D eigenvalue weighted by Crippen LogP contribution is -2.20. The molecule has 2 heterocycles. The molecule has 82 valence electrons. The zero-order valence-corrected chi connectivity index (χ0v) is 9.92. The molecule has 0 radical (unpaired) electrons. The van der Waals surface area contributed by atoms with Crippen LogP contribution in [0.25, 0.3) is 10.2 Å². The highest BCUT2D eigenvalue weighted by Gasteiger charge is 2.15. The van der Waals surface area contributed by atoms with E-state index in [1.165, 1.54) is 23.1 Å². The number of hydrogen-bond acceptors (Lipinski definition) is 5. The summed E-state index contributed by atoms with van der Waals surface area (Å²) in [5.74, 6) is 0.809. The average molecular weight is 253 g/mol. The van der Waals surface area contributed by atoms with E-state index in [2.05, 4.69) is 9.97 Å². The number of H-pyrrole nitrogens is 2. The number of nitriles is 1. The molecule has 0 aromatic carbocycles. The normalized spacial score (nSPS) is 10.5. The third-order valence-electron chi connectivity index (χ3n) is 1.94. The SMILES string of the molecule is CCSc1sc2c(=O)[nH]c(=O)[nH]c2c1C#N. The number of thiophene rings is 1. The maximum Gasteiger partial charge on any atom is 0.326 e. The van der Waals surface area contributed by atoms with Gasteiger partial charge >= 0.3 is 5.69 Å². The third-order valence-corrected chi connectivity index (χ3v) is 4.28. The van der Waals surface area contributed by atoms with E-state index in [0.717, 1.165) is 9.96 Å². The van der Waals surface area contributed by atoms with Crippen molar-refractivity contribution in [3.63, 3.8) is 0 Å². The zero-order chi connectivity index (χ0) is 11.7. The van der Waals surface area contributed by atoms with Crippen LogP contribution in [0.1, 0.15) is 12.5 Å². The van der Waals surface area contributed by atoms with Gasteiger partial charge in [0, 0.05) is 0 Å². The second-order valence-corrected chi connectivity index (χ2v) is 5.48. The highest BCUT2D eigenvalue weighted by Crippen LogP contribution is 2.34. The molecule has 0 spiro atoms. The Balaban J connectivity index is 2.89. The van der Waals surface area contributed by atoms with Crippen molar-refractivity contribution < 1.29 is 0 Å². The van der Waals surface area contributed by atoms with Crippen LogP contribution in [-0.4, -0.2) is 15.7 Å². The van der Waals surface area contributed by atoms with E-state index in [9.17, 15) is 9.59 Å². The van der Waals surface area contributed by atoms with E-state index in [1.54, 1.807) is 0 Å². The Morgan fingerprint density at radius 1 is 1.44 bits per heavy atom. The standard InChI is InChI=1S/C9H7N3O2S2/c1-2-15-8-4(3-10)5-6(16-8)7(13)12-9(14)11-5/h2H2,1H3,(H2,11,12,13,14). The van der Waals surface area contributed by atoms with E-state index in [1.807, 2.05) is 13.0 Å². The highest BCUT2D eigenvalue weighted by atomic mass is 32.2. The smallest absolute Gasteiger partial charge is 0.305 e. The van der Waals surface area contributed by atoms with E-state index >= 15 is 0 Å². The first-order valence-electron chi connectivity index (χ1n) is 4.49. The minimum absolute atomic E-state index is 0.345. The molecule has 2 aromatic heterocycles. The van der Waals surface area contributed by atoms with Crippen LogP contribution in [0.5, 0.6) is 0 Å². The fourth-order valence-corrected chi connectivity index (χ4v) is 3.56. The van der Waals surface area contributed by atoms with Crippen molar-refractivity contribution in [1.82, 2.24) is 9.97 Å². The van der Waals surface area contributed by atoms with Crippen LogP contribution in [0.15, 0.2) is 13.8 Å². The van der Waals surface area contributed by atoms with E-state index < -0.39 is 11.2 Å². The number of thioether (sulfide) groups is 1. The summed E-state index contributed by atoms with van der Waals surface area (Å²) >= 11 is 2.72.